The average molecular weight is 285 g/mol. The lowest BCUT2D eigenvalue weighted by Crippen LogP contribution is -2.39. The zero-order valence-corrected chi connectivity index (χ0v) is 12.7. The number of piperidine rings is 1. The van der Waals surface area contributed by atoms with Crippen LogP contribution in [0.25, 0.3) is 0 Å². The van der Waals surface area contributed by atoms with Gasteiger partial charge in [0.2, 0.25) is 0 Å². The van der Waals surface area contributed by atoms with Crippen molar-refractivity contribution < 1.29 is 4.74 Å². The summed E-state index contributed by atoms with van der Waals surface area (Å²) in [6, 6.07) is 6.82. The number of methoxy groups -OCH3 is 1. The Morgan fingerprint density at radius 2 is 1.95 bits per heavy atom. The standard InChI is InChI=1S/C15H24N2O.ClH/c1-3-12-10-15(18-2)5-4-13(12)11-17-8-6-14(16)7-9-17;/h4-5,10,14H,3,6-9,11,16H2,1-2H3;1H. The van der Waals surface area contributed by atoms with E-state index in [0.29, 0.717) is 6.04 Å². The molecule has 1 saturated heterocycles. The maximum Gasteiger partial charge on any atom is 0.119 e. The molecule has 1 heterocycles. The molecule has 4 heteroatoms. The van der Waals surface area contributed by atoms with E-state index >= 15 is 0 Å². The van der Waals surface area contributed by atoms with Crippen molar-refractivity contribution in [3.8, 4) is 5.75 Å². The monoisotopic (exact) mass is 284 g/mol. The first-order chi connectivity index (χ1) is 8.72. The highest BCUT2D eigenvalue weighted by Crippen LogP contribution is 2.21. The van der Waals surface area contributed by atoms with Crippen molar-refractivity contribution in [3.63, 3.8) is 0 Å². The molecule has 3 nitrogen and oxygen atoms in total. The quantitative estimate of drug-likeness (QED) is 0.924. The number of nitrogens with two attached hydrogens (primary N) is 1. The Kier molecular flexibility index (Phi) is 6.63. The van der Waals surface area contributed by atoms with Crippen LogP contribution in [0.15, 0.2) is 18.2 Å². The summed E-state index contributed by atoms with van der Waals surface area (Å²) in [5.41, 5.74) is 8.76. The topological polar surface area (TPSA) is 38.5 Å². The van der Waals surface area contributed by atoms with Crippen molar-refractivity contribution in [3.05, 3.63) is 29.3 Å². The third kappa shape index (κ3) is 4.37. The van der Waals surface area contributed by atoms with Crippen molar-refractivity contribution in [2.24, 2.45) is 5.73 Å². The van der Waals surface area contributed by atoms with Gasteiger partial charge in [0.1, 0.15) is 5.75 Å². The molecule has 2 N–H and O–H groups in total. The van der Waals surface area contributed by atoms with E-state index in [1.165, 1.54) is 11.1 Å². The van der Waals surface area contributed by atoms with Crippen molar-refractivity contribution in [2.75, 3.05) is 20.2 Å². The number of rotatable bonds is 4. The first-order valence-electron chi connectivity index (χ1n) is 6.86. The predicted molar refractivity (Wildman–Crippen MR) is 82.1 cm³/mol. The minimum Gasteiger partial charge on any atom is -0.497 e. The lowest BCUT2D eigenvalue weighted by molar-refractivity contribution is 0.205. The Hall–Kier alpha value is -0.770. The highest BCUT2D eigenvalue weighted by Gasteiger charge is 2.16. The van der Waals surface area contributed by atoms with Gasteiger partial charge in [-0.2, -0.15) is 0 Å². The molecule has 0 bridgehead atoms. The zero-order valence-electron chi connectivity index (χ0n) is 11.9. The number of likely N-dealkylation sites (tertiary alicyclic amines) is 1. The summed E-state index contributed by atoms with van der Waals surface area (Å²) in [4.78, 5) is 2.50. The molecule has 0 aromatic heterocycles. The fraction of sp³-hybridized carbons (Fsp3) is 0.600. The van der Waals surface area contributed by atoms with Crippen molar-refractivity contribution in [1.29, 1.82) is 0 Å². The maximum atomic E-state index is 5.94. The summed E-state index contributed by atoms with van der Waals surface area (Å²) < 4.78 is 5.29. The predicted octanol–water partition coefficient (Wildman–Crippen LogP) is 2.60. The van der Waals surface area contributed by atoms with E-state index in [9.17, 15) is 0 Å². The van der Waals surface area contributed by atoms with Crippen LogP contribution in [0.2, 0.25) is 0 Å². The molecule has 0 saturated carbocycles. The highest BCUT2D eigenvalue weighted by molar-refractivity contribution is 5.85. The zero-order chi connectivity index (χ0) is 13.0. The van der Waals surface area contributed by atoms with E-state index < -0.39 is 0 Å². The van der Waals surface area contributed by atoms with Gasteiger partial charge in [-0.15, -0.1) is 12.4 Å². The SMILES string of the molecule is CCc1cc(OC)ccc1CN1CCC(N)CC1.Cl. The molecule has 1 aliphatic heterocycles. The van der Waals surface area contributed by atoms with Crippen LogP contribution in [0.3, 0.4) is 0 Å². The fourth-order valence-corrected chi connectivity index (χ4v) is 2.56. The maximum absolute atomic E-state index is 5.94. The van der Waals surface area contributed by atoms with Gasteiger partial charge in [0.15, 0.2) is 0 Å². The average Bonchev–Trinajstić information content (AvgIpc) is 2.41. The van der Waals surface area contributed by atoms with Gasteiger partial charge < -0.3 is 10.5 Å². The summed E-state index contributed by atoms with van der Waals surface area (Å²) in [6.07, 6.45) is 3.30. The summed E-state index contributed by atoms with van der Waals surface area (Å²) in [5, 5.41) is 0. The number of aryl methyl sites for hydroxylation is 1. The van der Waals surface area contributed by atoms with E-state index in [-0.39, 0.29) is 12.4 Å². The molecular formula is C15H25ClN2O. The molecule has 0 atom stereocenters. The normalized spacial score (nSPS) is 17.0. The van der Waals surface area contributed by atoms with Crippen molar-refractivity contribution >= 4 is 12.4 Å². The van der Waals surface area contributed by atoms with E-state index in [2.05, 4.69) is 30.0 Å². The molecule has 1 aromatic carbocycles. The second kappa shape index (κ2) is 7.73. The van der Waals surface area contributed by atoms with Crippen LogP contribution in [-0.4, -0.2) is 31.1 Å². The molecule has 0 amide bonds. The van der Waals surface area contributed by atoms with E-state index in [1.807, 2.05) is 0 Å². The van der Waals surface area contributed by atoms with E-state index in [0.717, 1.165) is 44.6 Å². The number of ether oxygens (including phenoxy) is 1. The molecule has 2 rings (SSSR count). The molecule has 1 fully saturated rings. The van der Waals surface area contributed by atoms with Crippen LogP contribution in [0, 0.1) is 0 Å². The Labute approximate surface area is 122 Å². The minimum atomic E-state index is 0. The number of hydrogen-bond acceptors (Lipinski definition) is 3. The summed E-state index contributed by atoms with van der Waals surface area (Å²) in [7, 11) is 1.72. The lowest BCUT2D eigenvalue weighted by atomic mass is 10.0. The van der Waals surface area contributed by atoms with Gasteiger partial charge in [0, 0.05) is 12.6 Å². The molecule has 0 radical (unpaired) electrons. The fourth-order valence-electron chi connectivity index (χ4n) is 2.56. The summed E-state index contributed by atoms with van der Waals surface area (Å²) >= 11 is 0. The van der Waals surface area contributed by atoms with Crippen molar-refractivity contribution in [2.45, 2.75) is 38.8 Å². The molecule has 0 aliphatic carbocycles. The summed E-state index contributed by atoms with van der Waals surface area (Å²) in [6.45, 7) is 5.48. The van der Waals surface area contributed by atoms with Crippen LogP contribution in [0.4, 0.5) is 0 Å². The second-order valence-corrected chi connectivity index (χ2v) is 5.10. The first-order valence-corrected chi connectivity index (χ1v) is 6.86. The van der Waals surface area contributed by atoms with Gasteiger partial charge in [0.05, 0.1) is 7.11 Å². The van der Waals surface area contributed by atoms with Crippen LogP contribution in [0.1, 0.15) is 30.9 Å². The first kappa shape index (κ1) is 16.3. The van der Waals surface area contributed by atoms with E-state index in [4.69, 9.17) is 10.5 Å². The Bertz CT molecular complexity index is 390. The molecule has 0 unspecified atom stereocenters. The third-order valence-electron chi connectivity index (χ3n) is 3.82. The smallest absolute Gasteiger partial charge is 0.119 e. The molecule has 108 valence electrons. The lowest BCUT2D eigenvalue weighted by Gasteiger charge is -2.30. The van der Waals surface area contributed by atoms with Gasteiger partial charge in [-0.1, -0.05) is 13.0 Å². The van der Waals surface area contributed by atoms with Gasteiger partial charge >= 0.3 is 0 Å². The molecular weight excluding hydrogens is 260 g/mol. The van der Waals surface area contributed by atoms with Gasteiger partial charge in [0.25, 0.3) is 0 Å². The van der Waals surface area contributed by atoms with Gasteiger partial charge in [-0.25, -0.2) is 0 Å². The molecule has 19 heavy (non-hydrogen) atoms. The molecule has 1 aromatic rings. The van der Waals surface area contributed by atoms with Crippen LogP contribution < -0.4 is 10.5 Å². The largest absolute Gasteiger partial charge is 0.497 e. The van der Waals surface area contributed by atoms with Crippen LogP contribution in [0.5, 0.6) is 5.75 Å². The van der Waals surface area contributed by atoms with Crippen molar-refractivity contribution in [1.82, 2.24) is 4.90 Å². The van der Waals surface area contributed by atoms with E-state index in [1.54, 1.807) is 7.11 Å². The number of nitrogens with zero attached hydrogens (tertiary/aromatic N) is 1. The summed E-state index contributed by atoms with van der Waals surface area (Å²) in [5.74, 6) is 0.955. The van der Waals surface area contributed by atoms with Crippen LogP contribution >= 0.6 is 12.4 Å². The Morgan fingerprint density at radius 1 is 1.26 bits per heavy atom. The third-order valence-corrected chi connectivity index (χ3v) is 3.82. The van der Waals surface area contributed by atoms with Crippen LogP contribution in [-0.2, 0) is 13.0 Å². The Morgan fingerprint density at radius 3 is 2.53 bits per heavy atom. The number of halogens is 1. The molecule has 1 aliphatic rings. The second-order valence-electron chi connectivity index (χ2n) is 5.10. The Balaban J connectivity index is 0.00000180. The number of hydrogen-bond donors (Lipinski definition) is 1. The van der Waals surface area contributed by atoms with Gasteiger partial charge in [-0.05, 0) is 55.6 Å². The highest BCUT2D eigenvalue weighted by atomic mass is 35.5. The molecule has 0 spiro atoms. The minimum absolute atomic E-state index is 0. The van der Waals surface area contributed by atoms with Gasteiger partial charge in [-0.3, -0.25) is 4.90 Å². The number of benzene rings is 1.